The molecule has 2 rings (SSSR count). The number of nitrogen functional groups attached to an aromatic ring is 1. The molecule has 3 N–H and O–H groups in total. The van der Waals surface area contributed by atoms with Gasteiger partial charge in [0.1, 0.15) is 0 Å². The van der Waals surface area contributed by atoms with Crippen molar-refractivity contribution in [3.63, 3.8) is 0 Å². The van der Waals surface area contributed by atoms with E-state index in [1.54, 1.807) is 6.07 Å². The summed E-state index contributed by atoms with van der Waals surface area (Å²) in [6, 6.07) is 7.36. The molecule has 0 aliphatic carbocycles. The monoisotopic (exact) mass is 194 g/mol. The van der Waals surface area contributed by atoms with E-state index < -0.39 is 0 Å². The summed E-state index contributed by atoms with van der Waals surface area (Å²) in [4.78, 5) is 3.96. The zero-order chi connectivity index (χ0) is 9.26. The number of H-pyrrole nitrogens is 1. The molecule has 0 atom stereocenters. The van der Waals surface area contributed by atoms with E-state index in [1.165, 1.54) is 0 Å². The van der Waals surface area contributed by atoms with Crippen LogP contribution in [0.15, 0.2) is 24.3 Å². The van der Waals surface area contributed by atoms with Gasteiger partial charge in [0.25, 0.3) is 0 Å². The number of nitrogens with two attached hydrogens (primary N) is 1. The second kappa shape index (κ2) is 3.06. The van der Waals surface area contributed by atoms with E-state index in [9.17, 15) is 0 Å². The molecule has 5 heteroatoms. The number of aromatic nitrogens is 3. The van der Waals surface area contributed by atoms with Crippen molar-refractivity contribution < 1.29 is 0 Å². The molecule has 0 fully saturated rings. The van der Waals surface area contributed by atoms with Crippen molar-refractivity contribution in [3.8, 4) is 11.4 Å². The summed E-state index contributed by atoms with van der Waals surface area (Å²) in [6.45, 7) is 0. The van der Waals surface area contributed by atoms with Crippen molar-refractivity contribution in [1.29, 1.82) is 0 Å². The molecule has 1 aromatic heterocycles. The lowest BCUT2D eigenvalue weighted by atomic mass is 10.2. The van der Waals surface area contributed by atoms with Crippen LogP contribution in [0.2, 0.25) is 5.28 Å². The SMILES string of the molecule is Nc1ccccc1-c1n[nH]c(Cl)n1. The molecule has 1 aromatic carbocycles. The molecule has 13 heavy (non-hydrogen) atoms. The quantitative estimate of drug-likeness (QED) is 0.679. The number of halogens is 1. The molecular formula is C8H7ClN4. The van der Waals surface area contributed by atoms with Crippen molar-refractivity contribution in [2.75, 3.05) is 5.73 Å². The Morgan fingerprint density at radius 2 is 2.08 bits per heavy atom. The van der Waals surface area contributed by atoms with Crippen molar-refractivity contribution in [3.05, 3.63) is 29.5 Å². The molecule has 1 heterocycles. The number of nitrogens with zero attached hydrogens (tertiary/aromatic N) is 2. The molecule has 0 unspecified atom stereocenters. The lowest BCUT2D eigenvalue weighted by molar-refractivity contribution is 1.10. The highest BCUT2D eigenvalue weighted by Gasteiger charge is 2.06. The van der Waals surface area contributed by atoms with E-state index in [1.807, 2.05) is 18.2 Å². The standard InChI is InChI=1S/C8H7ClN4/c9-8-11-7(12-13-8)5-3-1-2-4-6(5)10/h1-4H,10H2,(H,11,12,13). The van der Waals surface area contributed by atoms with Gasteiger partial charge in [-0.1, -0.05) is 12.1 Å². The Hall–Kier alpha value is -1.55. The van der Waals surface area contributed by atoms with Crippen LogP contribution in [-0.2, 0) is 0 Å². The molecule has 0 spiro atoms. The molecule has 2 aromatic rings. The van der Waals surface area contributed by atoms with Crippen LogP contribution in [0.1, 0.15) is 0 Å². The van der Waals surface area contributed by atoms with E-state index in [4.69, 9.17) is 17.3 Å². The fourth-order valence-electron chi connectivity index (χ4n) is 1.06. The van der Waals surface area contributed by atoms with E-state index in [-0.39, 0.29) is 5.28 Å². The van der Waals surface area contributed by atoms with Crippen LogP contribution in [-0.4, -0.2) is 15.2 Å². The summed E-state index contributed by atoms with van der Waals surface area (Å²) < 4.78 is 0. The molecule has 0 amide bonds. The molecule has 0 saturated carbocycles. The highest BCUT2D eigenvalue weighted by atomic mass is 35.5. The van der Waals surface area contributed by atoms with Crippen molar-refractivity contribution in [2.45, 2.75) is 0 Å². The largest absolute Gasteiger partial charge is 0.398 e. The first-order valence-electron chi connectivity index (χ1n) is 3.70. The molecule has 0 bridgehead atoms. The van der Waals surface area contributed by atoms with Crippen LogP contribution in [0.3, 0.4) is 0 Å². The smallest absolute Gasteiger partial charge is 0.218 e. The lowest BCUT2D eigenvalue weighted by Crippen LogP contribution is -1.90. The van der Waals surface area contributed by atoms with Crippen LogP contribution >= 0.6 is 11.6 Å². The molecule has 0 aliphatic rings. The molecule has 0 aliphatic heterocycles. The van der Waals surface area contributed by atoms with Crippen LogP contribution in [0.5, 0.6) is 0 Å². The Labute approximate surface area is 79.7 Å². The fraction of sp³-hybridized carbons (Fsp3) is 0. The predicted molar refractivity (Wildman–Crippen MR) is 51.2 cm³/mol. The summed E-state index contributed by atoms with van der Waals surface area (Å²) in [5, 5.41) is 6.70. The number of rotatable bonds is 1. The van der Waals surface area contributed by atoms with Gasteiger partial charge in [-0.3, -0.25) is 0 Å². The summed E-state index contributed by atoms with van der Waals surface area (Å²) in [6.07, 6.45) is 0. The van der Waals surface area contributed by atoms with Gasteiger partial charge in [-0.2, -0.15) is 10.1 Å². The van der Waals surface area contributed by atoms with Crippen LogP contribution in [0, 0.1) is 0 Å². The van der Waals surface area contributed by atoms with Crippen molar-refractivity contribution in [2.24, 2.45) is 0 Å². The third-order valence-electron chi connectivity index (χ3n) is 1.66. The third-order valence-corrected chi connectivity index (χ3v) is 1.83. The maximum atomic E-state index is 5.72. The predicted octanol–water partition coefficient (Wildman–Crippen LogP) is 1.71. The Kier molecular flexibility index (Phi) is 1.90. The van der Waals surface area contributed by atoms with Crippen LogP contribution in [0.4, 0.5) is 5.69 Å². The minimum atomic E-state index is 0.262. The van der Waals surface area contributed by atoms with Gasteiger partial charge >= 0.3 is 0 Å². The minimum absolute atomic E-state index is 0.262. The number of para-hydroxylation sites is 1. The van der Waals surface area contributed by atoms with Gasteiger partial charge in [-0.25, -0.2) is 5.10 Å². The number of benzene rings is 1. The zero-order valence-corrected chi connectivity index (χ0v) is 7.42. The van der Waals surface area contributed by atoms with Crippen LogP contribution < -0.4 is 5.73 Å². The van der Waals surface area contributed by atoms with E-state index in [2.05, 4.69) is 15.2 Å². The van der Waals surface area contributed by atoms with Gasteiger partial charge in [-0.15, -0.1) is 0 Å². The first-order valence-corrected chi connectivity index (χ1v) is 4.08. The topological polar surface area (TPSA) is 67.6 Å². The Bertz CT molecular complexity index is 424. The van der Waals surface area contributed by atoms with Crippen LogP contribution in [0.25, 0.3) is 11.4 Å². The van der Waals surface area contributed by atoms with Crippen molar-refractivity contribution >= 4 is 17.3 Å². The Balaban J connectivity index is 2.52. The molecule has 0 saturated heterocycles. The lowest BCUT2D eigenvalue weighted by Gasteiger charge is -1.98. The third kappa shape index (κ3) is 1.48. The number of anilines is 1. The normalized spacial score (nSPS) is 10.2. The molecule has 66 valence electrons. The van der Waals surface area contributed by atoms with Gasteiger partial charge < -0.3 is 5.73 Å². The first-order chi connectivity index (χ1) is 6.27. The Morgan fingerprint density at radius 3 is 2.69 bits per heavy atom. The minimum Gasteiger partial charge on any atom is -0.398 e. The highest BCUT2D eigenvalue weighted by Crippen LogP contribution is 2.22. The highest BCUT2D eigenvalue weighted by molar-refractivity contribution is 6.28. The van der Waals surface area contributed by atoms with Gasteiger partial charge in [-0.05, 0) is 23.7 Å². The molecular weight excluding hydrogens is 188 g/mol. The maximum absolute atomic E-state index is 5.72. The molecule has 0 radical (unpaired) electrons. The number of aromatic amines is 1. The average molecular weight is 195 g/mol. The summed E-state index contributed by atoms with van der Waals surface area (Å²) in [5.41, 5.74) is 7.15. The second-order valence-electron chi connectivity index (χ2n) is 2.54. The number of hydrogen-bond acceptors (Lipinski definition) is 3. The van der Waals surface area contributed by atoms with Gasteiger partial charge in [0.2, 0.25) is 5.28 Å². The number of nitrogens with one attached hydrogen (secondary N) is 1. The Morgan fingerprint density at radius 1 is 1.31 bits per heavy atom. The van der Waals surface area contributed by atoms with E-state index in [0.29, 0.717) is 11.5 Å². The summed E-state index contributed by atoms with van der Waals surface area (Å²) in [7, 11) is 0. The van der Waals surface area contributed by atoms with E-state index >= 15 is 0 Å². The van der Waals surface area contributed by atoms with Gasteiger partial charge in [0, 0.05) is 11.3 Å². The maximum Gasteiger partial charge on any atom is 0.218 e. The summed E-state index contributed by atoms with van der Waals surface area (Å²) in [5.74, 6) is 0.517. The second-order valence-corrected chi connectivity index (χ2v) is 2.90. The molecule has 4 nitrogen and oxygen atoms in total. The van der Waals surface area contributed by atoms with Gasteiger partial charge in [0.05, 0.1) is 0 Å². The zero-order valence-electron chi connectivity index (χ0n) is 6.66. The van der Waals surface area contributed by atoms with Gasteiger partial charge in [0.15, 0.2) is 5.82 Å². The fourth-order valence-corrected chi connectivity index (χ4v) is 1.19. The van der Waals surface area contributed by atoms with E-state index in [0.717, 1.165) is 5.56 Å². The first kappa shape index (κ1) is 8.07. The number of hydrogen-bond donors (Lipinski definition) is 2. The van der Waals surface area contributed by atoms with Crippen molar-refractivity contribution in [1.82, 2.24) is 15.2 Å². The average Bonchev–Trinajstić information content (AvgIpc) is 2.53. The summed E-state index contributed by atoms with van der Waals surface area (Å²) >= 11 is 5.59.